The summed E-state index contributed by atoms with van der Waals surface area (Å²) in [5, 5.41) is 17.7. The van der Waals surface area contributed by atoms with E-state index in [9.17, 15) is 4.79 Å². The van der Waals surface area contributed by atoms with Crippen molar-refractivity contribution in [2.75, 3.05) is 44.9 Å². The Kier molecular flexibility index (Phi) is 10.7. The number of fused-ring (bicyclic) bond motifs is 2. The Labute approximate surface area is 272 Å². The first kappa shape index (κ1) is 31.9. The van der Waals surface area contributed by atoms with Crippen molar-refractivity contribution in [2.45, 2.75) is 12.6 Å². The van der Waals surface area contributed by atoms with Crippen LogP contribution in [0.5, 0.6) is 0 Å². The average molecular weight is 643 g/mol. The minimum atomic E-state index is -0.836. The molecule has 1 aliphatic carbocycles. The molecule has 3 aromatic carbocycles. The van der Waals surface area contributed by atoms with Crippen LogP contribution in [0.15, 0.2) is 88.9 Å². The molecule has 1 fully saturated rings. The second-order valence-electron chi connectivity index (χ2n) is 10.3. The first-order valence-corrected chi connectivity index (χ1v) is 15.2. The highest BCUT2D eigenvalue weighted by Crippen LogP contribution is 2.31. The molecule has 2 aliphatic heterocycles. The average Bonchev–Trinajstić information content (AvgIpc) is 3.31. The molecule has 1 amide bonds. The number of nitriles is 1. The van der Waals surface area contributed by atoms with Crippen LogP contribution in [-0.2, 0) is 9.53 Å². The topological polar surface area (TPSA) is 105 Å². The first-order valence-electron chi connectivity index (χ1n) is 14.5. The molecule has 2 N–H and O–H groups in total. The molecule has 6 rings (SSSR count). The van der Waals surface area contributed by atoms with Crippen LogP contribution in [0.2, 0.25) is 10.0 Å². The van der Waals surface area contributed by atoms with Crippen molar-refractivity contribution in [3.8, 4) is 6.19 Å². The second-order valence-corrected chi connectivity index (χ2v) is 11.2. The van der Waals surface area contributed by atoms with Gasteiger partial charge in [0.1, 0.15) is 0 Å². The number of anilines is 1. The molecule has 11 heteroatoms. The monoisotopic (exact) mass is 641 g/mol. The van der Waals surface area contributed by atoms with Gasteiger partial charge in [0.2, 0.25) is 6.19 Å². The number of ether oxygens (including phenoxy) is 1. The van der Waals surface area contributed by atoms with Gasteiger partial charge in [-0.05, 0) is 30.3 Å². The zero-order valence-corrected chi connectivity index (χ0v) is 26.4. The summed E-state index contributed by atoms with van der Waals surface area (Å²) in [5.74, 6) is -0.175. The summed E-state index contributed by atoms with van der Waals surface area (Å²) in [5.41, 5.74) is 5.11. The zero-order chi connectivity index (χ0) is 31.8. The maximum absolute atomic E-state index is 13.6. The van der Waals surface area contributed by atoms with Gasteiger partial charge >= 0.3 is 0 Å². The van der Waals surface area contributed by atoms with Crippen molar-refractivity contribution in [1.29, 1.82) is 5.26 Å². The molecule has 1 atom stereocenters. The van der Waals surface area contributed by atoms with Crippen LogP contribution in [0.1, 0.15) is 17.5 Å². The summed E-state index contributed by atoms with van der Waals surface area (Å²) in [4.78, 5) is 25.4. The Balaban J connectivity index is 0.000000945. The van der Waals surface area contributed by atoms with Gasteiger partial charge in [-0.3, -0.25) is 15.1 Å². The highest BCUT2D eigenvalue weighted by molar-refractivity contribution is 6.37. The number of halogens is 2. The molecular formula is C34H33Cl2N7O2. The van der Waals surface area contributed by atoms with Crippen LogP contribution < -0.4 is 26.0 Å². The number of benzodiazepines with no additional fused rings is 1. The molecule has 2 heterocycles. The molecule has 0 radical (unpaired) electrons. The Morgan fingerprint density at radius 2 is 1.78 bits per heavy atom. The van der Waals surface area contributed by atoms with Gasteiger partial charge in [0.05, 0.1) is 31.3 Å². The van der Waals surface area contributed by atoms with Gasteiger partial charge < -0.3 is 19.9 Å². The van der Waals surface area contributed by atoms with Crippen molar-refractivity contribution in [1.82, 2.24) is 15.5 Å². The molecule has 3 aliphatic rings. The summed E-state index contributed by atoms with van der Waals surface area (Å²) in [6.45, 7) is 6.41. The standard InChI is InChI=1S/C32H31Cl2N5O2.C2H2N2/c1-38-28-14-13-21(33)19-25(28)30(24-9-4-5-10-26(24)34)37-31(32(38)40)36-20-35-27-11-6-12-29(39-15-17-41-18-16-39)23-8-3-2-7-22(23)27;1-4-2-3/h2-10,12-14,19,31,35-36H,11,15-18,20H2,1H3;1H2. The maximum atomic E-state index is 13.6. The lowest BCUT2D eigenvalue weighted by Gasteiger charge is -2.29. The van der Waals surface area contributed by atoms with E-state index in [0.717, 1.165) is 60.5 Å². The number of amides is 1. The van der Waals surface area contributed by atoms with Crippen LogP contribution in [-0.4, -0.2) is 69.4 Å². The largest absolute Gasteiger partial charge is 0.378 e. The predicted octanol–water partition coefficient (Wildman–Crippen LogP) is 3.65. The molecule has 0 spiro atoms. The molecule has 0 saturated carbocycles. The first-order chi connectivity index (χ1) is 21.9. The third-order valence-electron chi connectivity index (χ3n) is 7.67. The fraction of sp³-hybridized carbons (Fsp3) is 0.235. The van der Waals surface area contributed by atoms with Gasteiger partial charge in [0.25, 0.3) is 5.91 Å². The summed E-state index contributed by atoms with van der Waals surface area (Å²) in [6.07, 6.45) is 5.74. The lowest BCUT2D eigenvalue weighted by Crippen LogP contribution is -2.47. The molecule has 230 valence electrons. The summed E-state index contributed by atoms with van der Waals surface area (Å²) in [6, 6.07) is 21.4. The molecule has 1 saturated heterocycles. The number of likely N-dealkylation sites (N-methyl/N-ethyl adjacent to an activating group) is 1. The van der Waals surface area contributed by atoms with Crippen molar-refractivity contribution < 1.29 is 9.53 Å². The third kappa shape index (κ3) is 7.27. The highest BCUT2D eigenvalue weighted by atomic mass is 35.5. The molecule has 0 aromatic heterocycles. The Morgan fingerprint density at radius 3 is 2.51 bits per heavy atom. The van der Waals surface area contributed by atoms with Gasteiger partial charge in [-0.15, -0.1) is 0 Å². The Hall–Kier alpha value is -4.46. The third-order valence-corrected chi connectivity index (χ3v) is 8.24. The van der Waals surface area contributed by atoms with E-state index in [1.165, 1.54) is 17.1 Å². The van der Waals surface area contributed by atoms with Crippen LogP contribution in [0, 0.1) is 11.5 Å². The molecule has 3 aromatic rings. The minimum absolute atomic E-state index is 0.175. The van der Waals surface area contributed by atoms with E-state index in [0.29, 0.717) is 22.4 Å². The molecular weight excluding hydrogens is 609 g/mol. The van der Waals surface area contributed by atoms with E-state index in [-0.39, 0.29) is 5.91 Å². The summed E-state index contributed by atoms with van der Waals surface area (Å²) in [7, 11) is 1.76. The molecule has 45 heavy (non-hydrogen) atoms. The van der Waals surface area contributed by atoms with E-state index in [4.69, 9.17) is 38.2 Å². The summed E-state index contributed by atoms with van der Waals surface area (Å²) >= 11 is 13.0. The van der Waals surface area contributed by atoms with E-state index < -0.39 is 6.17 Å². The predicted molar refractivity (Wildman–Crippen MR) is 181 cm³/mol. The number of nitrogens with zero attached hydrogens (tertiary/aromatic N) is 5. The Morgan fingerprint density at radius 1 is 1.07 bits per heavy atom. The molecule has 9 nitrogen and oxygen atoms in total. The van der Waals surface area contributed by atoms with E-state index in [1.807, 2.05) is 36.4 Å². The fourth-order valence-electron chi connectivity index (χ4n) is 5.51. The van der Waals surface area contributed by atoms with Gasteiger partial charge in [-0.1, -0.05) is 71.7 Å². The van der Waals surface area contributed by atoms with Crippen molar-refractivity contribution >= 4 is 58.6 Å². The normalized spacial score (nSPS) is 17.5. The number of hydrogen-bond acceptors (Lipinski definition) is 8. The second kappa shape index (κ2) is 15.0. The number of nitrogens with one attached hydrogen (secondary N) is 2. The van der Waals surface area contributed by atoms with Gasteiger partial charge in [0.15, 0.2) is 6.17 Å². The Bertz CT molecular complexity index is 1810. The van der Waals surface area contributed by atoms with E-state index >= 15 is 0 Å². The number of hydrogen-bond donors (Lipinski definition) is 2. The molecule has 1 unspecified atom stereocenters. The van der Waals surface area contributed by atoms with Crippen molar-refractivity contribution in [2.24, 2.45) is 9.98 Å². The van der Waals surface area contributed by atoms with Crippen LogP contribution in [0.3, 0.4) is 0 Å². The van der Waals surface area contributed by atoms with Gasteiger partial charge in [-0.25, -0.2) is 0 Å². The fourth-order valence-corrected chi connectivity index (χ4v) is 5.90. The maximum Gasteiger partial charge on any atom is 0.266 e. The van der Waals surface area contributed by atoms with E-state index in [1.54, 1.807) is 18.0 Å². The van der Waals surface area contributed by atoms with Gasteiger partial charge in [0, 0.05) is 76.3 Å². The number of carbonyl (C=O) groups excluding carboxylic acids is 1. The van der Waals surface area contributed by atoms with Crippen molar-refractivity contribution in [3.05, 3.63) is 110 Å². The number of benzene rings is 3. The smallest absolute Gasteiger partial charge is 0.266 e. The number of rotatable bonds is 6. The summed E-state index contributed by atoms with van der Waals surface area (Å²) < 4.78 is 5.58. The quantitative estimate of drug-likeness (QED) is 0.242. The van der Waals surface area contributed by atoms with Crippen LogP contribution >= 0.6 is 23.2 Å². The minimum Gasteiger partial charge on any atom is -0.378 e. The van der Waals surface area contributed by atoms with Crippen LogP contribution in [0.4, 0.5) is 5.69 Å². The van der Waals surface area contributed by atoms with Crippen LogP contribution in [0.25, 0.3) is 11.4 Å². The van der Waals surface area contributed by atoms with Gasteiger partial charge in [-0.2, -0.15) is 10.3 Å². The van der Waals surface area contributed by atoms with E-state index in [2.05, 4.69) is 63.7 Å². The number of aliphatic imine (C=N–C) groups is 2. The van der Waals surface area contributed by atoms with Crippen molar-refractivity contribution in [3.63, 3.8) is 0 Å². The highest BCUT2D eigenvalue weighted by Gasteiger charge is 2.30. The lowest BCUT2D eigenvalue weighted by atomic mass is 10.00. The number of carbonyl (C=O) groups is 1. The SMILES string of the molecule is C=NC#N.CN1C(=O)C(NCNC2=c3ccccc3=C(N3CCOCC3)C=CC2)N=C(c2ccccc2Cl)c2cc(Cl)ccc21. The lowest BCUT2D eigenvalue weighted by molar-refractivity contribution is -0.120. The number of morpholine rings is 1. The zero-order valence-electron chi connectivity index (χ0n) is 24.8. The molecule has 0 bridgehead atoms.